The Morgan fingerprint density at radius 1 is 1.03 bits per heavy atom. The van der Waals surface area contributed by atoms with Crippen molar-refractivity contribution in [3.8, 4) is 0 Å². The van der Waals surface area contributed by atoms with E-state index < -0.39 is 23.4 Å². The highest BCUT2D eigenvalue weighted by Crippen LogP contribution is 2.23. The zero-order chi connectivity index (χ0) is 23.5. The number of carbonyl (C=O) groups is 2. The molecule has 0 saturated heterocycles. The average Bonchev–Trinajstić information content (AvgIpc) is 3.24. The Balaban J connectivity index is 1.61. The Kier molecular flexibility index (Phi) is 6.37. The van der Waals surface area contributed by atoms with Crippen molar-refractivity contribution in [1.82, 2.24) is 14.7 Å². The Hall–Kier alpha value is -3.78. The minimum atomic E-state index is -0.989. The number of rotatable bonds is 6. The predicted molar refractivity (Wildman–Crippen MR) is 122 cm³/mol. The fraction of sp³-hybridized carbons (Fsp3) is 0.125. The average molecular weight is 469 g/mol. The number of nitrogens with one attached hydrogen (secondary N) is 2. The van der Waals surface area contributed by atoms with E-state index in [1.807, 2.05) is 6.92 Å². The number of aromatic nitrogens is 2. The summed E-state index contributed by atoms with van der Waals surface area (Å²) in [6.45, 7) is 1.91. The number of fused-ring (bicyclic) bond motifs is 1. The molecule has 0 aliphatic rings. The van der Waals surface area contributed by atoms with Crippen LogP contribution in [0, 0.1) is 11.6 Å². The van der Waals surface area contributed by atoms with Crippen molar-refractivity contribution >= 4 is 34.7 Å². The summed E-state index contributed by atoms with van der Waals surface area (Å²) in [5, 5.41) is 5.80. The van der Waals surface area contributed by atoms with E-state index in [-0.39, 0.29) is 17.8 Å². The van der Waals surface area contributed by atoms with E-state index in [9.17, 15) is 18.4 Å². The van der Waals surface area contributed by atoms with Gasteiger partial charge in [-0.15, -0.1) is 0 Å². The lowest BCUT2D eigenvalue weighted by molar-refractivity contribution is 0.0944. The number of para-hydroxylation sites is 1. The van der Waals surface area contributed by atoms with Gasteiger partial charge in [-0.3, -0.25) is 9.59 Å². The van der Waals surface area contributed by atoms with Crippen molar-refractivity contribution in [3.63, 3.8) is 0 Å². The third-order valence-corrected chi connectivity index (χ3v) is 5.43. The van der Waals surface area contributed by atoms with Crippen LogP contribution in [0.25, 0.3) is 5.65 Å². The summed E-state index contributed by atoms with van der Waals surface area (Å²) >= 11 is 6.13. The van der Waals surface area contributed by atoms with Crippen LogP contribution in [-0.4, -0.2) is 21.2 Å². The van der Waals surface area contributed by atoms with Gasteiger partial charge in [-0.25, -0.2) is 13.8 Å². The number of halogens is 3. The molecule has 0 fully saturated rings. The maximum Gasteiger partial charge on any atom is 0.270 e. The molecule has 2 N–H and O–H groups in total. The summed E-state index contributed by atoms with van der Waals surface area (Å²) in [6.07, 6.45) is 2.30. The van der Waals surface area contributed by atoms with Gasteiger partial charge in [0.05, 0.1) is 16.3 Å². The van der Waals surface area contributed by atoms with Crippen LogP contribution in [0.2, 0.25) is 5.02 Å². The van der Waals surface area contributed by atoms with Crippen LogP contribution in [0.4, 0.5) is 14.5 Å². The number of carbonyl (C=O) groups excluding carboxylic acids is 2. The normalized spacial score (nSPS) is 10.9. The van der Waals surface area contributed by atoms with Gasteiger partial charge in [0.2, 0.25) is 0 Å². The van der Waals surface area contributed by atoms with Crippen LogP contribution < -0.4 is 10.6 Å². The lowest BCUT2D eigenvalue weighted by atomic mass is 10.2. The minimum absolute atomic E-state index is 0.00872. The standard InChI is InChI=1S/C24H19ClF2N4O2/c1-2-15-12-21(24(33)28-13-14-7-8-18(26)19(27)11-14)29-22-16(9-10-31(15)22)23(32)30-20-6-4-3-5-17(20)25/h3-12H,2,13H2,1H3,(H,28,33)(H,30,32). The van der Waals surface area contributed by atoms with Crippen molar-refractivity contribution in [2.75, 3.05) is 5.32 Å². The highest BCUT2D eigenvalue weighted by Gasteiger charge is 2.19. The maximum atomic E-state index is 13.4. The summed E-state index contributed by atoms with van der Waals surface area (Å²) in [4.78, 5) is 30.1. The second kappa shape index (κ2) is 9.38. The Morgan fingerprint density at radius 3 is 2.55 bits per heavy atom. The lowest BCUT2D eigenvalue weighted by Gasteiger charge is -2.10. The summed E-state index contributed by atoms with van der Waals surface area (Å²) in [7, 11) is 0. The van der Waals surface area contributed by atoms with E-state index >= 15 is 0 Å². The quantitative estimate of drug-likeness (QED) is 0.417. The molecule has 0 spiro atoms. The van der Waals surface area contributed by atoms with Gasteiger partial charge in [0.25, 0.3) is 11.8 Å². The SMILES string of the molecule is CCc1cc(C(=O)NCc2ccc(F)c(F)c2)nc2c(C(=O)Nc3ccccc3Cl)ccn12. The third kappa shape index (κ3) is 4.70. The molecule has 0 bridgehead atoms. The first kappa shape index (κ1) is 22.4. The van der Waals surface area contributed by atoms with Gasteiger partial charge in [-0.1, -0.05) is 36.7 Å². The van der Waals surface area contributed by atoms with Crippen LogP contribution in [0.3, 0.4) is 0 Å². The Morgan fingerprint density at radius 2 is 1.82 bits per heavy atom. The summed E-state index contributed by atoms with van der Waals surface area (Å²) in [6, 6.07) is 13.5. The predicted octanol–water partition coefficient (Wildman–Crippen LogP) is 5.01. The Bertz CT molecular complexity index is 1370. The first-order valence-electron chi connectivity index (χ1n) is 10.2. The van der Waals surface area contributed by atoms with Gasteiger partial charge >= 0.3 is 0 Å². The second-order valence-electron chi connectivity index (χ2n) is 7.27. The number of aryl methyl sites for hydroxylation is 1. The highest BCUT2D eigenvalue weighted by molar-refractivity contribution is 6.34. The van der Waals surface area contributed by atoms with Crippen molar-refractivity contribution in [3.05, 3.63) is 100.0 Å². The number of amides is 2. The Labute approximate surface area is 193 Å². The van der Waals surface area contributed by atoms with E-state index in [1.54, 1.807) is 47.0 Å². The number of hydrogen-bond acceptors (Lipinski definition) is 3. The van der Waals surface area contributed by atoms with E-state index in [2.05, 4.69) is 15.6 Å². The zero-order valence-corrected chi connectivity index (χ0v) is 18.3. The molecule has 2 heterocycles. The summed E-state index contributed by atoms with van der Waals surface area (Å²) in [5.74, 6) is -2.87. The smallest absolute Gasteiger partial charge is 0.270 e. The molecule has 2 aromatic heterocycles. The van der Waals surface area contributed by atoms with Gasteiger partial charge in [0.1, 0.15) is 5.69 Å². The van der Waals surface area contributed by atoms with Gasteiger partial charge in [-0.2, -0.15) is 0 Å². The molecular formula is C24H19ClF2N4O2. The van der Waals surface area contributed by atoms with Crippen molar-refractivity contribution < 1.29 is 18.4 Å². The van der Waals surface area contributed by atoms with Gasteiger partial charge in [-0.05, 0) is 48.4 Å². The topological polar surface area (TPSA) is 75.5 Å². The number of benzene rings is 2. The van der Waals surface area contributed by atoms with Crippen LogP contribution in [0.15, 0.2) is 60.8 Å². The lowest BCUT2D eigenvalue weighted by Crippen LogP contribution is -2.25. The molecule has 4 aromatic rings. The van der Waals surface area contributed by atoms with Crippen LogP contribution in [0.1, 0.15) is 39.0 Å². The molecule has 2 aromatic carbocycles. The molecule has 0 aliphatic carbocycles. The summed E-state index contributed by atoms with van der Waals surface area (Å²) in [5.41, 5.74) is 2.33. The molecule has 0 aliphatic heterocycles. The first-order chi connectivity index (χ1) is 15.9. The highest BCUT2D eigenvalue weighted by atomic mass is 35.5. The minimum Gasteiger partial charge on any atom is -0.347 e. The fourth-order valence-corrected chi connectivity index (χ4v) is 3.57. The van der Waals surface area contributed by atoms with E-state index in [1.165, 1.54) is 6.07 Å². The fourth-order valence-electron chi connectivity index (χ4n) is 3.38. The van der Waals surface area contributed by atoms with Crippen molar-refractivity contribution in [1.29, 1.82) is 0 Å². The summed E-state index contributed by atoms with van der Waals surface area (Å²) < 4.78 is 28.3. The van der Waals surface area contributed by atoms with Crippen LogP contribution >= 0.6 is 11.6 Å². The van der Waals surface area contributed by atoms with Gasteiger partial charge in [0, 0.05) is 18.4 Å². The van der Waals surface area contributed by atoms with Gasteiger partial charge in [0.15, 0.2) is 17.3 Å². The molecule has 2 amide bonds. The van der Waals surface area contributed by atoms with E-state index in [4.69, 9.17) is 11.6 Å². The van der Waals surface area contributed by atoms with Crippen LogP contribution in [0.5, 0.6) is 0 Å². The molecule has 168 valence electrons. The van der Waals surface area contributed by atoms with Gasteiger partial charge < -0.3 is 15.0 Å². The zero-order valence-electron chi connectivity index (χ0n) is 17.5. The van der Waals surface area contributed by atoms with E-state index in [0.717, 1.165) is 17.8 Å². The molecule has 0 radical (unpaired) electrons. The molecule has 33 heavy (non-hydrogen) atoms. The van der Waals surface area contributed by atoms with Crippen molar-refractivity contribution in [2.45, 2.75) is 19.9 Å². The molecule has 0 atom stereocenters. The molecule has 0 unspecified atom stereocenters. The monoisotopic (exact) mass is 468 g/mol. The molecular weight excluding hydrogens is 450 g/mol. The maximum absolute atomic E-state index is 13.4. The molecule has 9 heteroatoms. The largest absolute Gasteiger partial charge is 0.347 e. The number of nitrogens with zero attached hydrogens (tertiary/aromatic N) is 2. The molecule has 0 saturated carbocycles. The first-order valence-corrected chi connectivity index (χ1v) is 10.5. The molecule has 6 nitrogen and oxygen atoms in total. The number of hydrogen-bond donors (Lipinski definition) is 2. The molecule has 4 rings (SSSR count). The third-order valence-electron chi connectivity index (χ3n) is 5.10. The van der Waals surface area contributed by atoms with Crippen molar-refractivity contribution in [2.24, 2.45) is 0 Å². The van der Waals surface area contributed by atoms with E-state index in [0.29, 0.717) is 28.3 Å². The second-order valence-corrected chi connectivity index (χ2v) is 7.68. The number of anilines is 1. The van der Waals surface area contributed by atoms with Crippen LogP contribution in [-0.2, 0) is 13.0 Å².